The van der Waals surface area contributed by atoms with Gasteiger partial charge >= 0.3 is 6.03 Å². The lowest BCUT2D eigenvalue weighted by molar-refractivity contribution is -0.129. The van der Waals surface area contributed by atoms with Crippen LogP contribution >= 0.6 is 0 Å². The van der Waals surface area contributed by atoms with Crippen molar-refractivity contribution < 1.29 is 14.4 Å². The number of nitrogens with one attached hydrogen (secondary N) is 2. The van der Waals surface area contributed by atoms with Crippen molar-refractivity contribution in [2.45, 2.75) is 18.9 Å². The fourth-order valence-corrected chi connectivity index (χ4v) is 2.67. The number of hydrogen-bond acceptors (Lipinski definition) is 4. The van der Waals surface area contributed by atoms with Crippen molar-refractivity contribution in [3.63, 3.8) is 0 Å². The van der Waals surface area contributed by atoms with Gasteiger partial charge in [0, 0.05) is 25.9 Å². The molecular formula is C17H19N5O3. The number of carbonyl (C=O) groups excluding carboxylic acids is 3. The Balaban J connectivity index is 1.54. The van der Waals surface area contributed by atoms with E-state index in [1.165, 1.54) is 0 Å². The normalized spacial score (nSPS) is 16.8. The number of rotatable bonds is 6. The Hall–Kier alpha value is -3.16. The quantitative estimate of drug-likeness (QED) is 0.764. The van der Waals surface area contributed by atoms with E-state index in [4.69, 9.17) is 0 Å². The molecule has 0 spiro atoms. The van der Waals surface area contributed by atoms with E-state index in [2.05, 4.69) is 15.7 Å². The van der Waals surface area contributed by atoms with Gasteiger partial charge in [-0.2, -0.15) is 5.10 Å². The molecule has 2 aromatic rings. The summed E-state index contributed by atoms with van der Waals surface area (Å²) in [6, 6.07) is 9.96. The first-order chi connectivity index (χ1) is 12.0. The lowest BCUT2D eigenvalue weighted by Crippen LogP contribution is -2.35. The summed E-state index contributed by atoms with van der Waals surface area (Å²) in [5.41, 5.74) is 1.04. The summed E-state index contributed by atoms with van der Waals surface area (Å²) in [5, 5.41) is 9.21. The maximum atomic E-state index is 12.4. The Bertz CT molecular complexity index is 787. The van der Waals surface area contributed by atoms with Crippen LogP contribution in [0.4, 0.5) is 10.6 Å². The van der Waals surface area contributed by atoms with E-state index in [1.54, 1.807) is 24.0 Å². The molecule has 3 rings (SSSR count). The van der Waals surface area contributed by atoms with E-state index in [1.807, 2.05) is 30.3 Å². The molecular weight excluding hydrogens is 322 g/mol. The number of aryl methyl sites for hydroxylation is 1. The summed E-state index contributed by atoms with van der Waals surface area (Å²) in [6.45, 7) is 0.285. The van der Waals surface area contributed by atoms with Gasteiger partial charge in [-0.05, 0) is 12.0 Å². The van der Waals surface area contributed by atoms with Crippen LogP contribution < -0.4 is 10.6 Å². The van der Waals surface area contributed by atoms with Crippen LogP contribution in [0.15, 0.2) is 42.6 Å². The van der Waals surface area contributed by atoms with Gasteiger partial charge < -0.3 is 10.6 Å². The van der Waals surface area contributed by atoms with E-state index < -0.39 is 12.1 Å². The average molecular weight is 341 g/mol. The summed E-state index contributed by atoms with van der Waals surface area (Å²) in [6.07, 6.45) is 2.15. The third-order valence-electron chi connectivity index (χ3n) is 3.94. The first-order valence-corrected chi connectivity index (χ1v) is 7.98. The van der Waals surface area contributed by atoms with E-state index in [0.29, 0.717) is 12.2 Å². The third-order valence-corrected chi connectivity index (χ3v) is 3.94. The highest BCUT2D eigenvalue weighted by Gasteiger charge is 2.38. The first kappa shape index (κ1) is 16.7. The average Bonchev–Trinajstić information content (AvgIpc) is 3.10. The fourth-order valence-electron chi connectivity index (χ4n) is 2.67. The molecule has 1 atom stereocenters. The molecule has 0 unspecified atom stereocenters. The summed E-state index contributed by atoms with van der Waals surface area (Å²) < 4.78 is 1.56. The molecule has 0 bridgehead atoms. The van der Waals surface area contributed by atoms with Gasteiger partial charge in [0.2, 0.25) is 5.91 Å². The molecule has 2 N–H and O–H groups in total. The van der Waals surface area contributed by atoms with Crippen LogP contribution in [0.1, 0.15) is 12.0 Å². The van der Waals surface area contributed by atoms with Gasteiger partial charge in [-0.15, -0.1) is 0 Å². The number of aromatic nitrogens is 2. The van der Waals surface area contributed by atoms with Crippen molar-refractivity contribution in [3.8, 4) is 0 Å². The minimum Gasteiger partial charge on any atom is -0.325 e. The van der Waals surface area contributed by atoms with Crippen LogP contribution in [0, 0.1) is 0 Å². The summed E-state index contributed by atoms with van der Waals surface area (Å²) in [4.78, 5) is 37.6. The Morgan fingerprint density at radius 2 is 2.00 bits per heavy atom. The Morgan fingerprint density at radius 3 is 2.68 bits per heavy atom. The topological polar surface area (TPSA) is 96.3 Å². The summed E-state index contributed by atoms with van der Waals surface area (Å²) >= 11 is 0. The predicted molar refractivity (Wildman–Crippen MR) is 90.6 cm³/mol. The van der Waals surface area contributed by atoms with Crippen LogP contribution in [-0.2, 0) is 23.1 Å². The number of carbonyl (C=O) groups is 3. The predicted octanol–water partition coefficient (Wildman–Crippen LogP) is 0.912. The maximum Gasteiger partial charge on any atom is 0.324 e. The molecule has 8 heteroatoms. The molecule has 1 fully saturated rings. The SMILES string of the molecule is Cn1ccc(NC(=O)C[C@H]2NC(=O)N(CCc3ccccc3)C2=O)n1. The van der Waals surface area contributed by atoms with E-state index in [9.17, 15) is 14.4 Å². The summed E-state index contributed by atoms with van der Waals surface area (Å²) in [7, 11) is 1.74. The molecule has 0 radical (unpaired) electrons. The number of benzene rings is 1. The zero-order chi connectivity index (χ0) is 17.8. The van der Waals surface area contributed by atoms with Crippen molar-refractivity contribution in [1.29, 1.82) is 0 Å². The van der Waals surface area contributed by atoms with Crippen LogP contribution in [0.5, 0.6) is 0 Å². The molecule has 0 aliphatic carbocycles. The molecule has 1 aliphatic heterocycles. The monoisotopic (exact) mass is 341 g/mol. The number of anilines is 1. The Labute approximate surface area is 144 Å². The van der Waals surface area contributed by atoms with Crippen molar-refractivity contribution in [1.82, 2.24) is 20.0 Å². The molecule has 1 aliphatic rings. The minimum atomic E-state index is -0.841. The first-order valence-electron chi connectivity index (χ1n) is 7.98. The zero-order valence-electron chi connectivity index (χ0n) is 13.8. The highest BCUT2D eigenvalue weighted by molar-refractivity contribution is 6.06. The van der Waals surface area contributed by atoms with Crippen LogP contribution in [-0.4, -0.2) is 45.1 Å². The number of urea groups is 1. The number of hydrogen-bond donors (Lipinski definition) is 2. The van der Waals surface area contributed by atoms with Gasteiger partial charge in [-0.3, -0.25) is 19.2 Å². The number of nitrogens with zero attached hydrogens (tertiary/aromatic N) is 3. The smallest absolute Gasteiger partial charge is 0.324 e. The van der Waals surface area contributed by atoms with Crippen molar-refractivity contribution in [3.05, 3.63) is 48.2 Å². The molecule has 0 saturated carbocycles. The highest BCUT2D eigenvalue weighted by Crippen LogP contribution is 2.12. The minimum absolute atomic E-state index is 0.122. The molecule has 1 aromatic carbocycles. The van der Waals surface area contributed by atoms with Gasteiger partial charge in [-0.25, -0.2) is 4.79 Å². The van der Waals surface area contributed by atoms with Gasteiger partial charge in [-0.1, -0.05) is 30.3 Å². The van der Waals surface area contributed by atoms with Crippen LogP contribution in [0.2, 0.25) is 0 Å². The standard InChI is InChI=1S/C17H19N5O3/c1-21-9-8-14(20-21)19-15(23)11-13-16(24)22(17(25)18-13)10-7-12-5-3-2-4-6-12/h2-6,8-9,13H,7,10-11H2,1H3,(H,18,25)(H,19,20,23)/t13-/m1/s1. The van der Waals surface area contributed by atoms with E-state index >= 15 is 0 Å². The van der Waals surface area contributed by atoms with E-state index in [0.717, 1.165) is 10.5 Å². The van der Waals surface area contributed by atoms with Gasteiger partial charge in [0.15, 0.2) is 5.82 Å². The Kier molecular flexibility index (Phi) is 4.78. The van der Waals surface area contributed by atoms with Crippen LogP contribution in [0.25, 0.3) is 0 Å². The van der Waals surface area contributed by atoms with Crippen LogP contribution in [0.3, 0.4) is 0 Å². The highest BCUT2D eigenvalue weighted by atomic mass is 16.2. The third kappa shape index (κ3) is 4.03. The van der Waals surface area contributed by atoms with Crippen molar-refractivity contribution >= 4 is 23.7 Å². The van der Waals surface area contributed by atoms with Crippen molar-refractivity contribution in [2.24, 2.45) is 7.05 Å². The molecule has 4 amide bonds. The largest absolute Gasteiger partial charge is 0.325 e. The van der Waals surface area contributed by atoms with Gasteiger partial charge in [0.25, 0.3) is 5.91 Å². The fraction of sp³-hybridized carbons (Fsp3) is 0.294. The Morgan fingerprint density at radius 1 is 1.24 bits per heavy atom. The second-order valence-electron chi connectivity index (χ2n) is 5.85. The number of imide groups is 1. The second-order valence-corrected chi connectivity index (χ2v) is 5.85. The lowest BCUT2D eigenvalue weighted by atomic mass is 10.1. The van der Waals surface area contributed by atoms with Crippen molar-refractivity contribution in [2.75, 3.05) is 11.9 Å². The molecule has 130 valence electrons. The van der Waals surface area contributed by atoms with Gasteiger partial charge in [0.1, 0.15) is 6.04 Å². The summed E-state index contributed by atoms with van der Waals surface area (Å²) in [5.74, 6) is -0.343. The second kappa shape index (κ2) is 7.16. The lowest BCUT2D eigenvalue weighted by Gasteiger charge is -2.12. The molecule has 2 heterocycles. The molecule has 1 saturated heterocycles. The van der Waals surface area contributed by atoms with E-state index in [-0.39, 0.29) is 24.8 Å². The maximum absolute atomic E-state index is 12.4. The number of amides is 4. The molecule has 8 nitrogen and oxygen atoms in total. The molecule has 1 aromatic heterocycles. The molecule has 25 heavy (non-hydrogen) atoms. The van der Waals surface area contributed by atoms with Gasteiger partial charge in [0.05, 0.1) is 6.42 Å². The zero-order valence-corrected chi connectivity index (χ0v) is 13.8.